The summed E-state index contributed by atoms with van der Waals surface area (Å²) in [6.07, 6.45) is 3.80. The van der Waals surface area contributed by atoms with E-state index in [1.807, 2.05) is 18.2 Å². The summed E-state index contributed by atoms with van der Waals surface area (Å²) in [7, 11) is 2.17. The quantitative estimate of drug-likeness (QED) is 0.912. The average Bonchev–Trinajstić information content (AvgIpc) is 2.39. The van der Waals surface area contributed by atoms with Crippen molar-refractivity contribution >= 4 is 11.6 Å². The Hall–Kier alpha value is -0.770. The number of nitrogens with two attached hydrogens (primary N) is 1. The number of nitrogens with zero attached hydrogens (tertiary/aromatic N) is 1. The molecule has 0 radical (unpaired) electrons. The van der Waals surface area contributed by atoms with E-state index in [1.54, 1.807) is 0 Å². The van der Waals surface area contributed by atoms with Gasteiger partial charge >= 0.3 is 0 Å². The lowest BCUT2D eigenvalue weighted by molar-refractivity contribution is 0.124. The third-order valence-electron chi connectivity index (χ3n) is 3.60. The van der Waals surface area contributed by atoms with Gasteiger partial charge in [-0.2, -0.15) is 0 Å². The van der Waals surface area contributed by atoms with Crippen LogP contribution < -0.4 is 10.5 Å². The predicted molar refractivity (Wildman–Crippen MR) is 75.1 cm³/mol. The van der Waals surface area contributed by atoms with E-state index in [4.69, 9.17) is 22.1 Å². The number of likely N-dealkylation sites (tertiary alicyclic amines) is 1. The largest absolute Gasteiger partial charge is 0.492 e. The molecule has 0 aromatic heterocycles. The second-order valence-corrected chi connectivity index (χ2v) is 5.33. The maximum absolute atomic E-state index is 5.95. The molecule has 1 atom stereocenters. The SMILES string of the molecule is CN1CCCCC1COc1ccc(Cl)cc1CN. The number of piperidine rings is 1. The molecule has 1 aromatic rings. The van der Waals surface area contributed by atoms with Gasteiger partial charge in [0.2, 0.25) is 0 Å². The third kappa shape index (κ3) is 3.37. The fourth-order valence-corrected chi connectivity index (χ4v) is 2.58. The first-order chi connectivity index (χ1) is 8.70. The summed E-state index contributed by atoms with van der Waals surface area (Å²) in [6, 6.07) is 6.15. The second-order valence-electron chi connectivity index (χ2n) is 4.90. The van der Waals surface area contributed by atoms with Crippen molar-refractivity contribution in [2.45, 2.75) is 31.8 Å². The molecule has 1 fully saturated rings. The molecule has 0 amide bonds. The lowest BCUT2D eigenvalue weighted by Crippen LogP contribution is -2.40. The van der Waals surface area contributed by atoms with Gasteiger partial charge in [0.1, 0.15) is 12.4 Å². The summed E-state index contributed by atoms with van der Waals surface area (Å²) in [5.74, 6) is 0.862. The van der Waals surface area contributed by atoms with Crippen LogP contribution in [0, 0.1) is 0 Å². The summed E-state index contributed by atoms with van der Waals surface area (Å²) >= 11 is 5.95. The van der Waals surface area contributed by atoms with E-state index < -0.39 is 0 Å². The van der Waals surface area contributed by atoms with Gasteiger partial charge in [-0.15, -0.1) is 0 Å². The summed E-state index contributed by atoms with van der Waals surface area (Å²) < 4.78 is 5.91. The monoisotopic (exact) mass is 268 g/mol. The summed E-state index contributed by atoms with van der Waals surface area (Å²) in [5.41, 5.74) is 6.68. The first kappa shape index (κ1) is 13.7. The topological polar surface area (TPSA) is 38.5 Å². The summed E-state index contributed by atoms with van der Waals surface area (Å²) in [4.78, 5) is 2.38. The highest BCUT2D eigenvalue weighted by atomic mass is 35.5. The smallest absolute Gasteiger partial charge is 0.123 e. The Balaban J connectivity index is 1.97. The predicted octanol–water partition coefficient (Wildman–Crippen LogP) is 2.66. The minimum Gasteiger partial charge on any atom is -0.492 e. The van der Waals surface area contributed by atoms with Crippen LogP contribution in [0.15, 0.2) is 18.2 Å². The van der Waals surface area contributed by atoms with E-state index in [9.17, 15) is 0 Å². The molecule has 1 heterocycles. The molecule has 4 heteroatoms. The molecule has 1 aliphatic heterocycles. The molecular formula is C14H21ClN2O. The van der Waals surface area contributed by atoms with Crippen molar-refractivity contribution in [1.29, 1.82) is 0 Å². The van der Waals surface area contributed by atoms with Crippen LogP contribution in [0.3, 0.4) is 0 Å². The Bertz CT molecular complexity index is 397. The molecule has 1 aliphatic rings. The number of hydrogen-bond donors (Lipinski definition) is 1. The Kier molecular flexibility index (Phi) is 4.87. The molecule has 0 bridgehead atoms. The van der Waals surface area contributed by atoms with Crippen LogP contribution in [0.5, 0.6) is 5.75 Å². The summed E-state index contributed by atoms with van der Waals surface area (Å²) in [6.45, 7) is 2.35. The van der Waals surface area contributed by atoms with Gasteiger partial charge in [-0.25, -0.2) is 0 Å². The lowest BCUT2D eigenvalue weighted by Gasteiger charge is -2.32. The molecule has 2 rings (SSSR count). The van der Waals surface area contributed by atoms with E-state index in [0.29, 0.717) is 17.6 Å². The van der Waals surface area contributed by atoms with Gasteiger partial charge in [-0.05, 0) is 44.6 Å². The van der Waals surface area contributed by atoms with Gasteiger partial charge in [0.05, 0.1) is 0 Å². The number of hydrogen-bond acceptors (Lipinski definition) is 3. The van der Waals surface area contributed by atoms with Gasteiger partial charge < -0.3 is 15.4 Å². The fourth-order valence-electron chi connectivity index (χ4n) is 2.39. The maximum atomic E-state index is 5.95. The van der Waals surface area contributed by atoms with Crippen LogP contribution in [0.1, 0.15) is 24.8 Å². The van der Waals surface area contributed by atoms with E-state index >= 15 is 0 Å². The fraction of sp³-hybridized carbons (Fsp3) is 0.571. The van der Waals surface area contributed by atoms with Crippen LogP contribution in [0.4, 0.5) is 0 Å². The molecule has 18 heavy (non-hydrogen) atoms. The zero-order valence-corrected chi connectivity index (χ0v) is 11.6. The second kappa shape index (κ2) is 6.41. The lowest BCUT2D eigenvalue weighted by atomic mass is 10.0. The molecule has 3 nitrogen and oxygen atoms in total. The van der Waals surface area contributed by atoms with Crippen molar-refractivity contribution in [3.8, 4) is 5.75 Å². The van der Waals surface area contributed by atoms with Crippen LogP contribution in [0.2, 0.25) is 5.02 Å². The first-order valence-corrected chi connectivity index (χ1v) is 6.90. The van der Waals surface area contributed by atoms with Gasteiger partial charge in [0, 0.05) is 23.2 Å². The highest BCUT2D eigenvalue weighted by Crippen LogP contribution is 2.24. The standard InChI is InChI=1S/C14H21ClN2O/c1-17-7-3-2-4-13(17)10-18-14-6-5-12(15)8-11(14)9-16/h5-6,8,13H,2-4,7,9-10,16H2,1H3. The molecule has 0 aliphatic carbocycles. The molecule has 2 N–H and O–H groups in total. The Morgan fingerprint density at radius 1 is 1.44 bits per heavy atom. The number of rotatable bonds is 4. The molecule has 0 saturated carbocycles. The van der Waals surface area contributed by atoms with Gasteiger partial charge in [0.15, 0.2) is 0 Å². The average molecular weight is 269 g/mol. The van der Waals surface area contributed by atoms with Gasteiger partial charge in [-0.1, -0.05) is 18.0 Å². The van der Waals surface area contributed by atoms with Gasteiger partial charge in [0.25, 0.3) is 0 Å². The summed E-state index contributed by atoms with van der Waals surface area (Å²) in [5, 5.41) is 0.706. The zero-order valence-electron chi connectivity index (χ0n) is 10.9. The van der Waals surface area contributed by atoms with E-state index in [1.165, 1.54) is 25.8 Å². The number of likely N-dealkylation sites (N-methyl/N-ethyl adjacent to an activating group) is 1. The van der Waals surface area contributed by atoms with Crippen molar-refractivity contribution in [3.63, 3.8) is 0 Å². The molecule has 1 saturated heterocycles. The van der Waals surface area contributed by atoms with E-state index in [-0.39, 0.29) is 0 Å². The minimum absolute atomic E-state index is 0.455. The van der Waals surface area contributed by atoms with Crippen molar-refractivity contribution in [2.24, 2.45) is 5.73 Å². The highest BCUT2D eigenvalue weighted by molar-refractivity contribution is 6.30. The van der Waals surface area contributed by atoms with Crippen LogP contribution in [-0.4, -0.2) is 31.1 Å². The molecule has 0 spiro atoms. The highest BCUT2D eigenvalue weighted by Gasteiger charge is 2.19. The molecule has 1 unspecified atom stereocenters. The molecule has 1 aromatic carbocycles. The van der Waals surface area contributed by atoms with Gasteiger partial charge in [-0.3, -0.25) is 0 Å². The minimum atomic E-state index is 0.455. The van der Waals surface area contributed by atoms with Crippen LogP contribution in [0.25, 0.3) is 0 Å². The van der Waals surface area contributed by atoms with Crippen molar-refractivity contribution in [3.05, 3.63) is 28.8 Å². The van der Waals surface area contributed by atoms with E-state index in [2.05, 4.69) is 11.9 Å². The number of benzene rings is 1. The number of halogens is 1. The normalized spacial score (nSPS) is 20.9. The zero-order chi connectivity index (χ0) is 13.0. The van der Waals surface area contributed by atoms with Crippen molar-refractivity contribution in [1.82, 2.24) is 4.90 Å². The Morgan fingerprint density at radius 2 is 2.28 bits per heavy atom. The maximum Gasteiger partial charge on any atom is 0.123 e. The third-order valence-corrected chi connectivity index (χ3v) is 3.83. The molecule has 100 valence electrons. The first-order valence-electron chi connectivity index (χ1n) is 6.52. The van der Waals surface area contributed by atoms with Crippen LogP contribution in [-0.2, 0) is 6.54 Å². The van der Waals surface area contributed by atoms with Crippen molar-refractivity contribution in [2.75, 3.05) is 20.2 Å². The van der Waals surface area contributed by atoms with E-state index in [0.717, 1.165) is 17.9 Å². The number of ether oxygens (including phenoxy) is 1. The molecular weight excluding hydrogens is 248 g/mol. The van der Waals surface area contributed by atoms with Crippen LogP contribution >= 0.6 is 11.6 Å². The Morgan fingerprint density at radius 3 is 3.00 bits per heavy atom. The van der Waals surface area contributed by atoms with Crippen molar-refractivity contribution < 1.29 is 4.74 Å². The Labute approximate surface area is 114 Å².